The number of benzene rings is 2. The number of carbonyl (C=O) groups excluding carboxylic acids is 1. The van der Waals surface area contributed by atoms with Crippen molar-refractivity contribution in [1.29, 1.82) is 0 Å². The second kappa shape index (κ2) is 6.69. The highest BCUT2D eigenvalue weighted by molar-refractivity contribution is 9.10. The predicted molar refractivity (Wildman–Crippen MR) is 106 cm³/mol. The van der Waals surface area contributed by atoms with Crippen LogP contribution in [0.4, 0.5) is 5.69 Å². The van der Waals surface area contributed by atoms with E-state index in [1.54, 1.807) is 11.0 Å². The molecular formula is C18H12Br2N4O2. The van der Waals surface area contributed by atoms with Gasteiger partial charge >= 0.3 is 0 Å². The molecular weight excluding hydrogens is 464 g/mol. The third-order valence-corrected chi connectivity index (χ3v) is 4.96. The van der Waals surface area contributed by atoms with Crippen LogP contribution in [0.5, 0.6) is 0 Å². The second-order valence-electron chi connectivity index (χ2n) is 5.65. The first-order valence-corrected chi connectivity index (χ1v) is 9.26. The Morgan fingerprint density at radius 3 is 2.69 bits per heavy atom. The molecule has 0 saturated carbocycles. The number of hydrogen-bond acceptors (Lipinski definition) is 4. The molecule has 130 valence electrons. The van der Waals surface area contributed by atoms with Crippen LogP contribution in [0.2, 0.25) is 0 Å². The summed E-state index contributed by atoms with van der Waals surface area (Å²) in [5.41, 5.74) is 2.75. The first kappa shape index (κ1) is 17.0. The highest BCUT2D eigenvalue weighted by atomic mass is 79.9. The predicted octanol–water partition coefficient (Wildman–Crippen LogP) is 5.10. The fraction of sp³-hybridized carbons (Fsp3) is 0.0556. The maximum absolute atomic E-state index is 12.8. The van der Waals surface area contributed by atoms with Crippen LogP contribution < -0.4 is 5.32 Å². The van der Waals surface area contributed by atoms with E-state index >= 15 is 0 Å². The van der Waals surface area contributed by atoms with Gasteiger partial charge < -0.3 is 9.73 Å². The van der Waals surface area contributed by atoms with E-state index < -0.39 is 0 Å². The molecule has 0 unspecified atom stereocenters. The molecule has 8 heteroatoms. The maximum atomic E-state index is 12.8. The van der Waals surface area contributed by atoms with Crippen molar-refractivity contribution in [3.05, 3.63) is 69.3 Å². The Kier molecular flexibility index (Phi) is 4.37. The highest BCUT2D eigenvalue weighted by Gasteiger charge is 2.19. The van der Waals surface area contributed by atoms with Gasteiger partial charge in [-0.15, -0.1) is 0 Å². The fourth-order valence-corrected chi connectivity index (χ4v) is 3.45. The van der Waals surface area contributed by atoms with Crippen molar-refractivity contribution in [2.45, 2.75) is 6.92 Å². The van der Waals surface area contributed by atoms with Crippen LogP contribution in [-0.2, 0) is 0 Å². The second-order valence-corrected chi connectivity index (χ2v) is 7.48. The Hall–Kier alpha value is -2.45. The summed E-state index contributed by atoms with van der Waals surface area (Å²) in [6.07, 6.45) is 3.01. The van der Waals surface area contributed by atoms with E-state index in [1.807, 2.05) is 43.3 Å². The van der Waals surface area contributed by atoms with Gasteiger partial charge in [0.2, 0.25) is 0 Å². The van der Waals surface area contributed by atoms with Gasteiger partial charge in [0.05, 0.1) is 11.4 Å². The molecule has 2 heterocycles. The lowest BCUT2D eigenvalue weighted by Gasteiger charge is -2.11. The fourth-order valence-electron chi connectivity index (χ4n) is 2.73. The average molecular weight is 476 g/mol. The van der Waals surface area contributed by atoms with Crippen molar-refractivity contribution in [2.24, 2.45) is 0 Å². The van der Waals surface area contributed by atoms with E-state index in [9.17, 15) is 4.79 Å². The molecule has 0 aliphatic rings. The lowest BCUT2D eigenvalue weighted by molar-refractivity contribution is 0.0998. The third-order valence-electron chi connectivity index (χ3n) is 3.98. The molecule has 26 heavy (non-hydrogen) atoms. The van der Waals surface area contributed by atoms with E-state index in [2.05, 4.69) is 47.3 Å². The smallest absolute Gasteiger partial charge is 0.291 e. The van der Waals surface area contributed by atoms with E-state index in [0.717, 1.165) is 19.9 Å². The van der Waals surface area contributed by atoms with Gasteiger partial charge in [0.25, 0.3) is 5.91 Å². The molecule has 6 nitrogen and oxygen atoms in total. The lowest BCUT2D eigenvalue weighted by Crippen LogP contribution is -2.14. The molecule has 0 saturated heterocycles. The maximum Gasteiger partial charge on any atom is 0.291 e. The van der Waals surface area contributed by atoms with Crippen molar-refractivity contribution < 1.29 is 9.21 Å². The van der Waals surface area contributed by atoms with Gasteiger partial charge in [-0.2, -0.15) is 5.10 Å². The molecule has 0 bridgehead atoms. The normalized spacial score (nSPS) is 11.0. The summed E-state index contributed by atoms with van der Waals surface area (Å²) in [5.74, 6) is -0.0445. The Morgan fingerprint density at radius 2 is 1.92 bits per heavy atom. The molecule has 0 fully saturated rings. The Bertz CT molecular complexity index is 1120. The molecule has 4 aromatic rings. The Morgan fingerprint density at radius 1 is 1.15 bits per heavy atom. The summed E-state index contributed by atoms with van der Waals surface area (Å²) in [6, 6.07) is 11.2. The summed E-state index contributed by atoms with van der Waals surface area (Å²) < 4.78 is 9.12. The number of aromatic nitrogens is 3. The lowest BCUT2D eigenvalue weighted by atomic mass is 10.1. The number of rotatable bonds is 3. The van der Waals surface area contributed by atoms with E-state index in [0.29, 0.717) is 17.0 Å². The summed E-state index contributed by atoms with van der Waals surface area (Å²) in [6.45, 7) is 1.87. The van der Waals surface area contributed by atoms with Gasteiger partial charge in [0.15, 0.2) is 5.76 Å². The van der Waals surface area contributed by atoms with Gasteiger partial charge in [-0.05, 0) is 43.3 Å². The number of nitrogens with one attached hydrogen (secondary N) is 1. The number of aryl methyl sites for hydroxylation is 1. The number of halogens is 2. The van der Waals surface area contributed by atoms with Crippen molar-refractivity contribution >= 4 is 54.4 Å². The molecule has 1 N–H and O–H groups in total. The van der Waals surface area contributed by atoms with Crippen LogP contribution >= 0.6 is 31.9 Å². The van der Waals surface area contributed by atoms with Crippen molar-refractivity contribution in [1.82, 2.24) is 14.8 Å². The summed E-state index contributed by atoms with van der Waals surface area (Å²) in [4.78, 5) is 16.8. The molecule has 4 rings (SSSR count). The van der Waals surface area contributed by atoms with Gasteiger partial charge in [-0.25, -0.2) is 9.67 Å². The molecule has 0 radical (unpaired) electrons. The Balaban J connectivity index is 1.73. The molecule has 0 spiro atoms. The Labute approximate surface area is 165 Å². The largest absolute Gasteiger partial charge is 0.451 e. The molecule has 0 aliphatic carbocycles. The zero-order valence-electron chi connectivity index (χ0n) is 13.5. The van der Waals surface area contributed by atoms with E-state index in [4.69, 9.17) is 4.42 Å². The summed E-state index contributed by atoms with van der Waals surface area (Å²) >= 11 is 6.87. The zero-order chi connectivity index (χ0) is 18.3. The third kappa shape index (κ3) is 3.06. The van der Waals surface area contributed by atoms with Gasteiger partial charge in [-0.3, -0.25) is 4.79 Å². The minimum absolute atomic E-state index is 0.280. The number of carbonyl (C=O) groups is 1. The minimum atomic E-state index is -0.325. The van der Waals surface area contributed by atoms with Crippen LogP contribution in [0, 0.1) is 6.92 Å². The topological polar surface area (TPSA) is 73.0 Å². The number of furan rings is 1. The van der Waals surface area contributed by atoms with E-state index in [-0.39, 0.29) is 11.7 Å². The number of amides is 1. The average Bonchev–Trinajstić information content (AvgIpc) is 3.24. The molecule has 2 aromatic heterocycles. The highest BCUT2D eigenvalue weighted by Crippen LogP contribution is 2.30. The van der Waals surface area contributed by atoms with Crippen LogP contribution in [0.25, 0.3) is 16.7 Å². The monoisotopic (exact) mass is 474 g/mol. The van der Waals surface area contributed by atoms with Crippen molar-refractivity contribution in [3.63, 3.8) is 0 Å². The quantitative estimate of drug-likeness (QED) is 0.447. The number of anilines is 1. The summed E-state index contributed by atoms with van der Waals surface area (Å²) in [5, 5.41) is 7.94. The van der Waals surface area contributed by atoms with Crippen LogP contribution in [0.15, 0.2) is 62.4 Å². The minimum Gasteiger partial charge on any atom is -0.451 e. The first-order chi connectivity index (χ1) is 12.5. The van der Waals surface area contributed by atoms with Gasteiger partial charge in [-0.1, -0.05) is 31.9 Å². The van der Waals surface area contributed by atoms with Crippen LogP contribution in [-0.4, -0.2) is 20.7 Å². The summed E-state index contributed by atoms with van der Waals surface area (Å²) in [7, 11) is 0. The number of fused-ring (bicyclic) bond motifs is 1. The molecule has 0 atom stereocenters. The number of hydrogen-bond donors (Lipinski definition) is 1. The van der Waals surface area contributed by atoms with Crippen molar-refractivity contribution in [3.8, 4) is 5.69 Å². The van der Waals surface area contributed by atoms with Gasteiger partial charge in [0.1, 0.15) is 18.2 Å². The van der Waals surface area contributed by atoms with E-state index in [1.165, 1.54) is 6.33 Å². The molecule has 0 aliphatic heterocycles. The first-order valence-electron chi connectivity index (χ1n) is 7.67. The molecule has 2 aromatic carbocycles. The van der Waals surface area contributed by atoms with Crippen LogP contribution in [0.1, 0.15) is 16.1 Å². The van der Waals surface area contributed by atoms with Crippen LogP contribution in [0.3, 0.4) is 0 Å². The zero-order valence-corrected chi connectivity index (χ0v) is 16.7. The molecule has 1 amide bonds. The standard InChI is InChI=1S/C18H12Br2N4O2/c1-10-13-6-11(19)3-5-16(13)26-17(10)18(25)23-14-7-12(20)2-4-15(14)24-9-21-8-22-24/h2-9H,1H3,(H,23,25). The number of nitrogens with zero attached hydrogens (tertiary/aromatic N) is 3. The van der Waals surface area contributed by atoms with Crippen molar-refractivity contribution in [2.75, 3.05) is 5.32 Å². The SMILES string of the molecule is Cc1c(C(=O)Nc2cc(Br)ccc2-n2cncn2)oc2ccc(Br)cc12. The van der Waals surface area contributed by atoms with Gasteiger partial charge in [0, 0.05) is 19.9 Å².